The molecule has 8 heteroatoms. The average Bonchev–Trinajstić information content (AvgIpc) is 2.53. The minimum absolute atomic E-state index is 0.0222. The van der Waals surface area contributed by atoms with Gasteiger partial charge in [0.2, 0.25) is 6.04 Å². The van der Waals surface area contributed by atoms with Crippen LogP contribution in [0.25, 0.3) is 0 Å². The van der Waals surface area contributed by atoms with Crippen LogP contribution in [-0.4, -0.2) is 36.1 Å². The van der Waals surface area contributed by atoms with Gasteiger partial charge in [0.15, 0.2) is 5.92 Å². The molecule has 0 bridgehead atoms. The summed E-state index contributed by atoms with van der Waals surface area (Å²) in [5.41, 5.74) is -0.104. The van der Waals surface area contributed by atoms with Crippen molar-refractivity contribution in [1.82, 2.24) is 0 Å². The fourth-order valence-corrected chi connectivity index (χ4v) is 2.45. The van der Waals surface area contributed by atoms with Crippen molar-refractivity contribution in [3.05, 3.63) is 45.8 Å². The molecular formula is C16H20FNO6. The van der Waals surface area contributed by atoms with Gasteiger partial charge in [0.1, 0.15) is 5.82 Å². The van der Waals surface area contributed by atoms with Gasteiger partial charge in [0, 0.05) is 11.8 Å². The van der Waals surface area contributed by atoms with Crippen molar-refractivity contribution in [2.75, 3.05) is 13.2 Å². The van der Waals surface area contributed by atoms with Gasteiger partial charge in [0.25, 0.3) is 0 Å². The van der Waals surface area contributed by atoms with Gasteiger partial charge in [-0.05, 0) is 25.5 Å². The van der Waals surface area contributed by atoms with Gasteiger partial charge in [-0.25, -0.2) is 4.39 Å². The Labute approximate surface area is 138 Å². The molecule has 0 amide bonds. The van der Waals surface area contributed by atoms with Gasteiger partial charge in [0.05, 0.1) is 19.1 Å². The SMILES string of the molecule is CCOC(=O)C(C(=O)OCC)[C@@H](c1ccccc1F)[C@@H](C)[N+](=O)[O-]. The van der Waals surface area contributed by atoms with Gasteiger partial charge in [-0.3, -0.25) is 19.7 Å². The third kappa shape index (κ3) is 4.50. The van der Waals surface area contributed by atoms with Crippen LogP contribution in [0, 0.1) is 21.8 Å². The molecule has 0 fully saturated rings. The number of halogens is 1. The van der Waals surface area contributed by atoms with Gasteiger partial charge in [-0.2, -0.15) is 0 Å². The molecule has 0 aromatic heterocycles. The number of hydrogen-bond acceptors (Lipinski definition) is 6. The summed E-state index contributed by atoms with van der Waals surface area (Å²) in [4.78, 5) is 35.1. The second kappa shape index (κ2) is 8.95. The molecular weight excluding hydrogens is 321 g/mol. The van der Waals surface area contributed by atoms with Crippen LogP contribution in [-0.2, 0) is 19.1 Å². The van der Waals surface area contributed by atoms with E-state index in [0.717, 1.165) is 6.07 Å². The van der Waals surface area contributed by atoms with Gasteiger partial charge in [-0.1, -0.05) is 18.2 Å². The minimum atomic E-state index is -1.62. The highest BCUT2D eigenvalue weighted by Gasteiger charge is 2.46. The number of nitrogens with zero attached hydrogens (tertiary/aromatic N) is 1. The summed E-state index contributed by atoms with van der Waals surface area (Å²) >= 11 is 0. The predicted molar refractivity (Wildman–Crippen MR) is 82.4 cm³/mol. The van der Waals surface area contributed by atoms with E-state index in [0.29, 0.717) is 0 Å². The molecule has 0 radical (unpaired) electrons. The summed E-state index contributed by atoms with van der Waals surface area (Å²) in [6.45, 7) is 4.24. The molecule has 1 aromatic carbocycles. The van der Waals surface area contributed by atoms with Crippen molar-refractivity contribution in [3.8, 4) is 0 Å². The molecule has 0 aliphatic rings. The first kappa shape index (κ1) is 19.5. The van der Waals surface area contributed by atoms with Crippen molar-refractivity contribution in [2.45, 2.75) is 32.7 Å². The van der Waals surface area contributed by atoms with Crippen molar-refractivity contribution in [2.24, 2.45) is 5.92 Å². The van der Waals surface area contributed by atoms with E-state index in [4.69, 9.17) is 9.47 Å². The molecule has 2 atom stereocenters. The number of rotatable bonds is 8. The molecule has 0 heterocycles. The van der Waals surface area contributed by atoms with E-state index < -0.39 is 40.6 Å². The zero-order chi connectivity index (χ0) is 18.3. The zero-order valence-electron chi connectivity index (χ0n) is 13.7. The van der Waals surface area contributed by atoms with E-state index >= 15 is 0 Å². The van der Waals surface area contributed by atoms with E-state index in [1.165, 1.54) is 39.0 Å². The Bertz CT molecular complexity index is 588. The van der Waals surface area contributed by atoms with Crippen molar-refractivity contribution >= 4 is 11.9 Å². The van der Waals surface area contributed by atoms with Crippen LogP contribution in [0.4, 0.5) is 4.39 Å². The smallest absolute Gasteiger partial charge is 0.321 e. The molecule has 132 valence electrons. The third-order valence-corrected chi connectivity index (χ3v) is 3.56. The molecule has 0 saturated carbocycles. The summed E-state index contributed by atoms with van der Waals surface area (Å²) in [7, 11) is 0. The van der Waals surface area contributed by atoms with E-state index in [1.807, 2.05) is 0 Å². The number of carbonyl (C=O) groups is 2. The number of esters is 2. The topological polar surface area (TPSA) is 95.7 Å². The first-order valence-electron chi connectivity index (χ1n) is 7.56. The summed E-state index contributed by atoms with van der Waals surface area (Å²) < 4.78 is 23.9. The standard InChI is InChI=1S/C16H20FNO6/c1-4-23-15(19)14(16(20)24-5-2)13(10(3)18(21)22)11-8-6-7-9-12(11)17/h6-10,13-14H,4-5H2,1-3H3/t10-,13-/m1/s1. The van der Waals surface area contributed by atoms with Crippen molar-refractivity contribution < 1.29 is 28.4 Å². The first-order valence-corrected chi connectivity index (χ1v) is 7.56. The summed E-state index contributed by atoms with van der Waals surface area (Å²) in [6.07, 6.45) is 0. The van der Waals surface area contributed by atoms with Crippen LogP contribution in [0.2, 0.25) is 0 Å². The van der Waals surface area contributed by atoms with Crippen molar-refractivity contribution in [1.29, 1.82) is 0 Å². The predicted octanol–water partition coefficient (Wildman–Crippen LogP) is 2.32. The van der Waals surface area contributed by atoms with Gasteiger partial charge >= 0.3 is 11.9 Å². The van der Waals surface area contributed by atoms with Crippen LogP contribution in [0.3, 0.4) is 0 Å². The lowest BCUT2D eigenvalue weighted by atomic mass is 9.80. The highest BCUT2D eigenvalue weighted by atomic mass is 19.1. The Kier molecular flexibility index (Phi) is 7.29. The lowest BCUT2D eigenvalue weighted by Crippen LogP contribution is -2.40. The second-order valence-electron chi connectivity index (χ2n) is 5.06. The van der Waals surface area contributed by atoms with Crippen LogP contribution in [0.5, 0.6) is 0 Å². The number of benzene rings is 1. The molecule has 0 aliphatic heterocycles. The highest BCUT2D eigenvalue weighted by Crippen LogP contribution is 2.33. The molecule has 0 N–H and O–H groups in total. The Hall–Kier alpha value is -2.51. The van der Waals surface area contributed by atoms with Crippen LogP contribution < -0.4 is 0 Å². The normalized spacial score (nSPS) is 13.2. The zero-order valence-corrected chi connectivity index (χ0v) is 13.7. The number of ether oxygens (including phenoxy) is 2. The fraction of sp³-hybridized carbons (Fsp3) is 0.500. The van der Waals surface area contributed by atoms with E-state index in [9.17, 15) is 24.1 Å². The lowest BCUT2D eigenvalue weighted by molar-refractivity contribution is -0.523. The second-order valence-corrected chi connectivity index (χ2v) is 5.06. The molecule has 24 heavy (non-hydrogen) atoms. The Morgan fingerprint density at radius 2 is 1.67 bits per heavy atom. The first-order chi connectivity index (χ1) is 11.3. The Balaban J connectivity index is 3.45. The highest BCUT2D eigenvalue weighted by molar-refractivity contribution is 5.96. The molecule has 0 aliphatic carbocycles. The number of carbonyl (C=O) groups excluding carboxylic acids is 2. The van der Waals surface area contributed by atoms with E-state index in [-0.39, 0.29) is 18.8 Å². The molecule has 1 aromatic rings. The summed E-state index contributed by atoms with van der Waals surface area (Å²) in [6, 6.07) is 3.91. The minimum Gasteiger partial charge on any atom is -0.465 e. The molecule has 7 nitrogen and oxygen atoms in total. The largest absolute Gasteiger partial charge is 0.465 e. The lowest BCUT2D eigenvalue weighted by Gasteiger charge is -2.25. The van der Waals surface area contributed by atoms with Crippen molar-refractivity contribution in [3.63, 3.8) is 0 Å². The van der Waals surface area contributed by atoms with Crippen LogP contribution >= 0.6 is 0 Å². The number of nitro groups is 1. The van der Waals surface area contributed by atoms with Crippen LogP contribution in [0.15, 0.2) is 24.3 Å². The molecule has 0 saturated heterocycles. The molecule has 0 unspecified atom stereocenters. The third-order valence-electron chi connectivity index (χ3n) is 3.56. The van der Waals surface area contributed by atoms with E-state index in [1.54, 1.807) is 0 Å². The maximum Gasteiger partial charge on any atom is 0.321 e. The maximum atomic E-state index is 14.2. The van der Waals surface area contributed by atoms with E-state index in [2.05, 4.69) is 0 Å². The average molecular weight is 341 g/mol. The monoisotopic (exact) mass is 341 g/mol. The summed E-state index contributed by atoms with van der Waals surface area (Å²) in [5.74, 6) is -5.66. The number of hydrogen-bond donors (Lipinski definition) is 0. The molecule has 1 rings (SSSR count). The molecule has 0 spiro atoms. The summed E-state index contributed by atoms with van der Waals surface area (Å²) in [5, 5.41) is 11.3. The Morgan fingerprint density at radius 1 is 1.17 bits per heavy atom. The maximum absolute atomic E-state index is 14.2. The van der Waals surface area contributed by atoms with Gasteiger partial charge < -0.3 is 9.47 Å². The Morgan fingerprint density at radius 3 is 2.08 bits per heavy atom. The van der Waals surface area contributed by atoms with Gasteiger partial charge in [-0.15, -0.1) is 0 Å². The fourth-order valence-electron chi connectivity index (χ4n) is 2.45. The quantitative estimate of drug-likeness (QED) is 0.312. The van der Waals surface area contributed by atoms with Crippen LogP contribution in [0.1, 0.15) is 32.3 Å².